The van der Waals surface area contributed by atoms with E-state index in [0.29, 0.717) is 13.2 Å². The molecule has 0 aliphatic carbocycles. The molecule has 0 radical (unpaired) electrons. The minimum Gasteiger partial charge on any atom is -0.492 e. The van der Waals surface area contributed by atoms with Gasteiger partial charge < -0.3 is 10.1 Å². The normalized spacial score (nSPS) is 16.7. The maximum Gasteiger partial charge on any atom is 0.226 e. The number of nitrogens with zero attached hydrogens (tertiary/aromatic N) is 1. The number of benzene rings is 1. The van der Waals surface area contributed by atoms with Crippen molar-refractivity contribution < 1.29 is 9.53 Å². The second kappa shape index (κ2) is 6.39. The molecular weight excluding hydrogens is 264 g/mol. The molecule has 1 aromatic heterocycles. The number of carbonyl (C=O) groups excluding carboxylic acids is 1. The average Bonchev–Trinajstić information content (AvgIpc) is 2.55. The van der Waals surface area contributed by atoms with Crippen molar-refractivity contribution in [2.24, 2.45) is 5.92 Å². The Morgan fingerprint density at radius 2 is 2.19 bits per heavy atom. The van der Waals surface area contributed by atoms with Crippen molar-refractivity contribution in [3.05, 3.63) is 59.9 Å². The van der Waals surface area contributed by atoms with Gasteiger partial charge in [0.2, 0.25) is 5.91 Å². The molecule has 2 aromatic rings. The van der Waals surface area contributed by atoms with Crippen LogP contribution >= 0.6 is 0 Å². The lowest BCUT2D eigenvalue weighted by molar-refractivity contribution is -0.126. The van der Waals surface area contributed by atoms with Crippen LogP contribution in [0.3, 0.4) is 0 Å². The summed E-state index contributed by atoms with van der Waals surface area (Å²) in [5.74, 6) is 0.860. The first kappa shape index (κ1) is 13.6. The molecule has 4 nitrogen and oxygen atoms in total. The Labute approximate surface area is 124 Å². The van der Waals surface area contributed by atoms with Crippen LogP contribution in [0.15, 0.2) is 48.8 Å². The zero-order chi connectivity index (χ0) is 14.5. The second-order valence-electron chi connectivity index (χ2n) is 5.22. The van der Waals surface area contributed by atoms with Crippen LogP contribution in [-0.4, -0.2) is 24.0 Å². The molecule has 1 atom stereocenters. The van der Waals surface area contributed by atoms with E-state index in [4.69, 9.17) is 4.74 Å². The lowest BCUT2D eigenvalue weighted by Gasteiger charge is -2.24. The molecule has 4 heteroatoms. The van der Waals surface area contributed by atoms with Gasteiger partial charge in [0, 0.05) is 18.9 Å². The molecule has 1 aromatic carbocycles. The highest BCUT2D eigenvalue weighted by atomic mass is 16.5. The van der Waals surface area contributed by atoms with E-state index in [-0.39, 0.29) is 11.8 Å². The van der Waals surface area contributed by atoms with Gasteiger partial charge in [0.15, 0.2) is 0 Å². The van der Waals surface area contributed by atoms with Gasteiger partial charge in [-0.2, -0.15) is 0 Å². The van der Waals surface area contributed by atoms with E-state index in [1.807, 2.05) is 42.6 Å². The third kappa shape index (κ3) is 3.40. The first-order chi connectivity index (χ1) is 10.3. The van der Waals surface area contributed by atoms with E-state index >= 15 is 0 Å². The van der Waals surface area contributed by atoms with Crippen LogP contribution in [-0.2, 0) is 17.6 Å². The predicted molar refractivity (Wildman–Crippen MR) is 80.1 cm³/mol. The van der Waals surface area contributed by atoms with Crippen molar-refractivity contribution in [2.75, 3.05) is 13.2 Å². The molecule has 1 amide bonds. The van der Waals surface area contributed by atoms with Crippen molar-refractivity contribution in [1.82, 2.24) is 10.3 Å². The lowest BCUT2D eigenvalue weighted by Crippen LogP contribution is -2.38. The number of aromatic nitrogens is 1. The summed E-state index contributed by atoms with van der Waals surface area (Å²) in [6.45, 7) is 1.08. The first-order valence-electron chi connectivity index (χ1n) is 7.20. The van der Waals surface area contributed by atoms with Gasteiger partial charge >= 0.3 is 0 Å². The number of ether oxygens (including phenoxy) is 1. The maximum atomic E-state index is 12.2. The first-order valence-corrected chi connectivity index (χ1v) is 7.20. The fourth-order valence-corrected chi connectivity index (χ4v) is 2.52. The molecular formula is C17H18N2O2. The minimum atomic E-state index is -0.103. The van der Waals surface area contributed by atoms with E-state index in [1.165, 1.54) is 0 Å². The third-order valence-electron chi connectivity index (χ3n) is 3.69. The van der Waals surface area contributed by atoms with Gasteiger partial charge in [0.25, 0.3) is 0 Å². The molecule has 0 saturated carbocycles. The van der Waals surface area contributed by atoms with Crippen LogP contribution in [0.4, 0.5) is 0 Å². The summed E-state index contributed by atoms with van der Waals surface area (Å²) in [5, 5.41) is 2.98. The van der Waals surface area contributed by atoms with E-state index in [0.717, 1.165) is 29.7 Å². The van der Waals surface area contributed by atoms with Gasteiger partial charge in [0.05, 0.1) is 5.92 Å². The Morgan fingerprint density at radius 1 is 1.29 bits per heavy atom. The fraction of sp³-hybridized carbons (Fsp3) is 0.294. The summed E-state index contributed by atoms with van der Waals surface area (Å²) >= 11 is 0. The molecule has 1 aliphatic heterocycles. The Kier molecular flexibility index (Phi) is 4.15. The van der Waals surface area contributed by atoms with Gasteiger partial charge in [-0.05, 0) is 36.1 Å². The molecule has 1 aliphatic rings. The maximum absolute atomic E-state index is 12.2. The molecule has 0 spiro atoms. The standard InChI is InChI=1S/C17H18N2O2/c20-17(19-9-7-13-4-3-8-18-11-13)15-10-14-5-1-2-6-16(14)21-12-15/h1-6,8,11,15H,7,9-10,12H2,(H,19,20)/t15-/m0/s1. The highest BCUT2D eigenvalue weighted by Gasteiger charge is 2.25. The predicted octanol–water partition coefficient (Wildman–Crippen LogP) is 1.99. The number of hydrogen-bond donors (Lipinski definition) is 1. The van der Waals surface area contributed by atoms with E-state index in [2.05, 4.69) is 10.3 Å². The number of amides is 1. The van der Waals surface area contributed by atoms with Crippen molar-refractivity contribution in [2.45, 2.75) is 12.8 Å². The zero-order valence-electron chi connectivity index (χ0n) is 11.8. The molecule has 3 rings (SSSR count). The molecule has 0 saturated heterocycles. The average molecular weight is 282 g/mol. The third-order valence-corrected chi connectivity index (χ3v) is 3.69. The number of hydrogen-bond acceptors (Lipinski definition) is 3. The summed E-state index contributed by atoms with van der Waals surface area (Å²) in [7, 11) is 0. The van der Waals surface area contributed by atoms with Gasteiger partial charge in [-0.3, -0.25) is 9.78 Å². The summed E-state index contributed by atoms with van der Waals surface area (Å²) in [6.07, 6.45) is 5.11. The van der Waals surface area contributed by atoms with Gasteiger partial charge in [-0.15, -0.1) is 0 Å². The second-order valence-corrected chi connectivity index (χ2v) is 5.22. The molecule has 0 bridgehead atoms. The van der Waals surface area contributed by atoms with E-state index < -0.39 is 0 Å². The smallest absolute Gasteiger partial charge is 0.226 e. The summed E-state index contributed by atoms with van der Waals surface area (Å²) in [6, 6.07) is 11.8. The van der Waals surface area contributed by atoms with Crippen molar-refractivity contribution in [3.8, 4) is 5.75 Å². The number of nitrogens with one attached hydrogen (secondary N) is 1. The van der Waals surface area contributed by atoms with Crippen LogP contribution < -0.4 is 10.1 Å². The van der Waals surface area contributed by atoms with Gasteiger partial charge in [-0.1, -0.05) is 24.3 Å². The summed E-state index contributed by atoms with van der Waals surface area (Å²) in [4.78, 5) is 16.3. The zero-order valence-corrected chi connectivity index (χ0v) is 11.8. The summed E-state index contributed by atoms with van der Waals surface area (Å²) < 4.78 is 5.65. The van der Waals surface area contributed by atoms with Crippen LogP contribution in [0.1, 0.15) is 11.1 Å². The fourth-order valence-electron chi connectivity index (χ4n) is 2.52. The van der Waals surface area contributed by atoms with Crippen molar-refractivity contribution in [1.29, 1.82) is 0 Å². The quantitative estimate of drug-likeness (QED) is 0.933. The molecule has 0 unspecified atom stereocenters. The molecule has 2 heterocycles. The van der Waals surface area contributed by atoms with Crippen LogP contribution in [0.2, 0.25) is 0 Å². The van der Waals surface area contributed by atoms with Crippen molar-refractivity contribution in [3.63, 3.8) is 0 Å². The van der Waals surface area contributed by atoms with E-state index in [1.54, 1.807) is 6.20 Å². The summed E-state index contributed by atoms with van der Waals surface area (Å²) in [5.41, 5.74) is 2.24. The molecule has 108 valence electrons. The largest absolute Gasteiger partial charge is 0.492 e. The highest BCUT2D eigenvalue weighted by Crippen LogP contribution is 2.26. The van der Waals surface area contributed by atoms with Crippen LogP contribution in [0, 0.1) is 5.92 Å². The Bertz CT molecular complexity index is 613. The van der Waals surface area contributed by atoms with Gasteiger partial charge in [-0.25, -0.2) is 0 Å². The molecule has 1 N–H and O–H groups in total. The minimum absolute atomic E-state index is 0.0633. The van der Waals surface area contributed by atoms with Crippen molar-refractivity contribution >= 4 is 5.91 Å². The Morgan fingerprint density at radius 3 is 3.05 bits per heavy atom. The number of para-hydroxylation sites is 1. The monoisotopic (exact) mass is 282 g/mol. The molecule has 0 fully saturated rings. The number of pyridine rings is 1. The van der Waals surface area contributed by atoms with E-state index in [9.17, 15) is 4.79 Å². The number of carbonyl (C=O) groups is 1. The SMILES string of the molecule is O=C(NCCc1cccnc1)[C@@H]1COc2ccccc2C1. The number of fused-ring (bicyclic) bond motifs is 1. The van der Waals surface area contributed by atoms with Crippen LogP contribution in [0.5, 0.6) is 5.75 Å². The topological polar surface area (TPSA) is 51.2 Å². The molecule has 21 heavy (non-hydrogen) atoms. The Hall–Kier alpha value is -2.36. The highest BCUT2D eigenvalue weighted by molar-refractivity contribution is 5.79. The van der Waals surface area contributed by atoms with Crippen LogP contribution in [0.25, 0.3) is 0 Å². The lowest BCUT2D eigenvalue weighted by atomic mass is 9.96. The van der Waals surface area contributed by atoms with Gasteiger partial charge in [0.1, 0.15) is 12.4 Å². The number of rotatable bonds is 4. The Balaban J connectivity index is 1.50.